The van der Waals surface area contributed by atoms with E-state index in [9.17, 15) is 0 Å². The summed E-state index contributed by atoms with van der Waals surface area (Å²) >= 11 is 4.23. The maximum Gasteiger partial charge on any atom is 0.342 e. The number of aromatic nitrogens is 4. The molecule has 0 saturated carbocycles. The minimum Gasteiger partial charge on any atom is -0.389 e. The first-order chi connectivity index (χ1) is 14.3. The lowest BCUT2D eigenvalue weighted by Crippen LogP contribution is -2.38. The van der Waals surface area contributed by atoms with Crippen molar-refractivity contribution in [1.29, 1.82) is 0 Å². The summed E-state index contributed by atoms with van der Waals surface area (Å²) in [5, 5.41) is 2.09. The smallest absolute Gasteiger partial charge is 0.342 e. The molecule has 2 aromatic rings. The highest BCUT2D eigenvalue weighted by molar-refractivity contribution is 7.94. The van der Waals surface area contributed by atoms with Crippen molar-refractivity contribution in [2.45, 2.75) is 47.5 Å². The summed E-state index contributed by atoms with van der Waals surface area (Å²) in [4.78, 5) is 13.5. The number of hydrogen-bond acceptors (Lipinski definition) is 10. The molecule has 0 aliphatic carbocycles. The molecule has 2 fully saturated rings. The largest absolute Gasteiger partial charge is 0.389 e. The Morgan fingerprint density at radius 2 is 1.27 bits per heavy atom. The Balaban J connectivity index is 0.000000172. The van der Waals surface area contributed by atoms with Crippen LogP contribution >= 0.6 is 35.1 Å². The highest BCUT2D eigenvalue weighted by Gasteiger charge is 2.25. The van der Waals surface area contributed by atoms with E-state index in [2.05, 4.69) is 56.2 Å². The van der Waals surface area contributed by atoms with Crippen molar-refractivity contribution in [3.8, 4) is 6.01 Å². The molecule has 2 aliphatic heterocycles. The predicted molar refractivity (Wildman–Crippen MR) is 129 cm³/mol. The van der Waals surface area contributed by atoms with Gasteiger partial charge in [0.15, 0.2) is 0 Å². The number of nitrogens with zero attached hydrogens (tertiary/aromatic N) is 6. The molecule has 0 N–H and O–H groups in total. The third-order valence-electron chi connectivity index (χ3n) is 5.35. The van der Waals surface area contributed by atoms with Gasteiger partial charge in [-0.05, 0) is 43.4 Å². The number of aryl methyl sites for hydroxylation is 1. The third kappa shape index (κ3) is 6.68. The Hall–Kier alpha value is -1.13. The summed E-state index contributed by atoms with van der Waals surface area (Å²) in [5.74, 6) is 3.93. The van der Waals surface area contributed by atoms with Crippen LogP contribution < -0.4 is 14.0 Å². The van der Waals surface area contributed by atoms with E-state index in [1.54, 1.807) is 0 Å². The predicted octanol–water partition coefficient (Wildman–Crippen LogP) is 5.01. The van der Waals surface area contributed by atoms with Crippen LogP contribution in [0.25, 0.3) is 0 Å². The fourth-order valence-electron chi connectivity index (χ4n) is 4.49. The van der Waals surface area contributed by atoms with Gasteiger partial charge >= 0.3 is 6.01 Å². The molecular formula is C20H34N6OS3. The van der Waals surface area contributed by atoms with Gasteiger partial charge in [-0.25, -0.2) is 4.98 Å². The molecule has 2 aromatic heterocycles. The van der Waals surface area contributed by atoms with Gasteiger partial charge in [-0.2, -0.15) is 9.36 Å². The van der Waals surface area contributed by atoms with Gasteiger partial charge in [-0.15, -0.1) is 4.37 Å². The van der Waals surface area contributed by atoms with Crippen LogP contribution in [0.15, 0.2) is 0 Å². The zero-order valence-electron chi connectivity index (χ0n) is 18.9. The average molecular weight is 471 g/mol. The maximum atomic E-state index is 5.21. The van der Waals surface area contributed by atoms with Gasteiger partial charge in [0, 0.05) is 55.5 Å². The second-order valence-electron chi connectivity index (χ2n) is 8.94. The van der Waals surface area contributed by atoms with Gasteiger partial charge < -0.3 is 14.0 Å². The number of hydrogen-bond donors (Lipinski definition) is 0. The van der Waals surface area contributed by atoms with E-state index in [-0.39, 0.29) is 0 Å². The average Bonchev–Trinajstić information content (AvgIpc) is 3.30. The van der Waals surface area contributed by atoms with Gasteiger partial charge in [0.05, 0.1) is 12.0 Å². The molecule has 0 spiro atoms. The normalized spacial score (nSPS) is 26.9. The quantitative estimate of drug-likeness (QED) is 0.578. The molecule has 2 aliphatic rings. The van der Waals surface area contributed by atoms with E-state index in [1.807, 2.05) is 13.2 Å². The molecule has 0 amide bonds. The summed E-state index contributed by atoms with van der Waals surface area (Å²) in [7, 11) is 0. The molecule has 4 unspecified atom stereocenters. The van der Waals surface area contributed by atoms with Gasteiger partial charge in [0.25, 0.3) is 0 Å². The van der Waals surface area contributed by atoms with Crippen LogP contribution in [-0.4, -0.2) is 51.1 Å². The lowest BCUT2D eigenvalue weighted by atomic mass is 9.92. The second kappa shape index (κ2) is 10.9. The van der Waals surface area contributed by atoms with Crippen LogP contribution in [0, 0.1) is 30.6 Å². The van der Waals surface area contributed by atoms with Crippen LogP contribution in [0.1, 0.15) is 46.4 Å². The highest BCUT2D eigenvalue weighted by Crippen LogP contribution is 2.29. The van der Waals surface area contributed by atoms with E-state index in [0.717, 1.165) is 65.9 Å². The van der Waals surface area contributed by atoms with Gasteiger partial charge in [-0.3, -0.25) is 0 Å². The third-order valence-corrected chi connectivity index (χ3v) is 7.29. The van der Waals surface area contributed by atoms with Crippen LogP contribution in [0.5, 0.6) is 6.01 Å². The minimum atomic E-state index is 0.485. The molecule has 0 aromatic carbocycles. The first-order valence-corrected chi connectivity index (χ1v) is 13.4. The van der Waals surface area contributed by atoms with Gasteiger partial charge in [0.2, 0.25) is 10.3 Å². The van der Waals surface area contributed by atoms with E-state index in [4.69, 9.17) is 4.18 Å². The van der Waals surface area contributed by atoms with Crippen molar-refractivity contribution < 1.29 is 4.18 Å². The van der Waals surface area contributed by atoms with Crippen molar-refractivity contribution in [2.75, 3.05) is 42.2 Å². The van der Waals surface area contributed by atoms with Crippen LogP contribution in [-0.2, 0) is 0 Å². The molecule has 168 valence electrons. The summed E-state index contributed by atoms with van der Waals surface area (Å²) in [5.41, 5.74) is 0. The van der Waals surface area contributed by atoms with Crippen molar-refractivity contribution in [2.24, 2.45) is 23.7 Å². The molecule has 10 heteroatoms. The second-order valence-corrected chi connectivity index (χ2v) is 10.9. The lowest BCUT2D eigenvalue weighted by molar-refractivity contribution is 0.356. The zero-order chi connectivity index (χ0) is 21.7. The Labute approximate surface area is 193 Å². The van der Waals surface area contributed by atoms with Crippen molar-refractivity contribution >= 4 is 45.4 Å². The number of anilines is 2. The minimum absolute atomic E-state index is 0.485. The summed E-state index contributed by atoms with van der Waals surface area (Å²) in [6.07, 6.45) is 4.52. The monoisotopic (exact) mass is 470 g/mol. The molecule has 4 rings (SSSR count). The molecule has 4 atom stereocenters. The number of piperidine rings is 2. The molecular weight excluding hydrogens is 436 g/mol. The van der Waals surface area contributed by atoms with E-state index in [1.165, 1.54) is 47.9 Å². The highest BCUT2D eigenvalue weighted by atomic mass is 32.2. The summed E-state index contributed by atoms with van der Waals surface area (Å²) < 4.78 is 13.6. The van der Waals surface area contributed by atoms with Gasteiger partial charge in [-0.1, -0.05) is 27.7 Å². The van der Waals surface area contributed by atoms with E-state index >= 15 is 0 Å². The molecule has 0 radical (unpaired) electrons. The zero-order valence-corrected chi connectivity index (χ0v) is 21.3. The molecule has 2 saturated heterocycles. The van der Waals surface area contributed by atoms with Crippen LogP contribution in [0.3, 0.4) is 0 Å². The van der Waals surface area contributed by atoms with Crippen molar-refractivity contribution in [3.05, 3.63) is 5.82 Å². The summed E-state index contributed by atoms with van der Waals surface area (Å²) in [6, 6.07) is 0.485. The molecule has 4 heterocycles. The molecule has 30 heavy (non-hydrogen) atoms. The first-order valence-electron chi connectivity index (χ1n) is 10.7. The topological polar surface area (TPSA) is 67.3 Å². The Morgan fingerprint density at radius 1 is 0.800 bits per heavy atom. The summed E-state index contributed by atoms with van der Waals surface area (Å²) in [6.45, 7) is 15.6. The Morgan fingerprint density at radius 3 is 1.70 bits per heavy atom. The Bertz CT molecular complexity index is 764. The van der Waals surface area contributed by atoms with Crippen molar-refractivity contribution in [3.63, 3.8) is 0 Å². The number of rotatable bonds is 4. The fourth-order valence-corrected chi connectivity index (χ4v) is 6.08. The van der Waals surface area contributed by atoms with Crippen LogP contribution in [0.4, 0.5) is 10.3 Å². The fraction of sp³-hybridized carbons (Fsp3) is 0.800. The molecule has 0 bridgehead atoms. The van der Waals surface area contributed by atoms with E-state index < -0.39 is 0 Å². The van der Waals surface area contributed by atoms with Crippen molar-refractivity contribution in [1.82, 2.24) is 18.7 Å². The Kier molecular flexibility index (Phi) is 8.59. The maximum absolute atomic E-state index is 5.21. The van der Waals surface area contributed by atoms with Crippen LogP contribution in [0.2, 0.25) is 0 Å². The van der Waals surface area contributed by atoms with E-state index in [0.29, 0.717) is 6.01 Å². The van der Waals surface area contributed by atoms with Gasteiger partial charge in [0.1, 0.15) is 5.82 Å². The first kappa shape index (κ1) is 23.5. The molecule has 7 nitrogen and oxygen atoms in total. The standard InChI is InChI=1S/C10H17N3OS2.C10H17N3S/c1-7-4-8(2)6-13(5-7)10-11-9(12-16-10)14-15-3;1-7-4-8(2)6-13(5-7)10-11-9(3)12-14-10/h7-8H,4-6H2,1-3H3;7-8H,4-6H2,1-3H3. The SMILES string of the molecule is CSOc1nsc(N2CC(C)CC(C)C2)n1.Cc1nsc(N2CC(C)CC(C)C2)n1. The lowest BCUT2D eigenvalue weighted by Gasteiger charge is -2.34.